The average Bonchev–Trinajstić information content (AvgIpc) is 2.57. The molecule has 1 saturated heterocycles. The van der Waals surface area contributed by atoms with E-state index in [2.05, 4.69) is 0 Å². The Morgan fingerprint density at radius 2 is 1.62 bits per heavy atom. The molecule has 12 nitrogen and oxygen atoms in total. The van der Waals surface area contributed by atoms with Crippen LogP contribution in [0.1, 0.15) is 0 Å². The molecule has 0 amide bonds. The maximum atomic E-state index is 10.5. The van der Waals surface area contributed by atoms with Crippen molar-refractivity contribution in [3.05, 3.63) is 0 Å². The van der Waals surface area contributed by atoms with Gasteiger partial charge in [-0.3, -0.25) is 0 Å². The Morgan fingerprint density at radius 1 is 1.04 bits per heavy atom. The summed E-state index contributed by atoms with van der Waals surface area (Å²) in [6.45, 7) is -1.64. The van der Waals surface area contributed by atoms with Crippen LogP contribution in [0, 0.1) is 0 Å². The Balaban J connectivity index is 0.00000529. The van der Waals surface area contributed by atoms with Crippen LogP contribution in [0.3, 0.4) is 0 Å². The van der Waals surface area contributed by atoms with E-state index < -0.39 is 68.3 Å². The summed E-state index contributed by atoms with van der Waals surface area (Å²) in [5, 5.41) is 75.7. The van der Waals surface area contributed by atoms with Gasteiger partial charge in [-0.2, -0.15) is 0 Å². The molecule has 10 N–H and O–H groups in total. The van der Waals surface area contributed by atoms with Crippen molar-refractivity contribution in [2.45, 2.75) is 55.1 Å². The van der Waals surface area contributed by atoms with E-state index in [1.165, 1.54) is 0 Å². The quantitative estimate of drug-likeness (QED) is 0.190. The molecule has 12 heteroatoms. The van der Waals surface area contributed by atoms with Crippen molar-refractivity contribution >= 4 is 6.29 Å². The first-order valence-corrected chi connectivity index (χ1v) is 6.84. The van der Waals surface area contributed by atoms with Crippen LogP contribution >= 0.6 is 0 Å². The zero-order chi connectivity index (χ0) is 17.7. The normalized spacial score (nSPS) is 35.4. The average molecular weight is 360 g/mol. The Hall–Kier alpha value is -0.770. The lowest BCUT2D eigenvalue weighted by atomic mass is 9.98. The number of rotatable bonds is 8. The zero-order valence-corrected chi connectivity index (χ0v) is 12.5. The van der Waals surface area contributed by atoms with Gasteiger partial charge in [0.05, 0.1) is 13.2 Å². The van der Waals surface area contributed by atoms with Crippen molar-refractivity contribution in [1.29, 1.82) is 0 Å². The first-order valence-electron chi connectivity index (χ1n) is 6.84. The fraction of sp³-hybridized carbons (Fsp3) is 0.917. The number of ether oxygens (including phenoxy) is 2. The number of aliphatic hydroxyl groups is 8. The van der Waals surface area contributed by atoms with Gasteiger partial charge >= 0.3 is 0 Å². The number of carbonyl (C=O) groups is 1. The molecule has 0 saturated carbocycles. The van der Waals surface area contributed by atoms with Gasteiger partial charge in [0.2, 0.25) is 0 Å². The highest BCUT2D eigenvalue weighted by molar-refractivity contribution is 5.56. The van der Waals surface area contributed by atoms with Crippen LogP contribution in [-0.4, -0.2) is 121 Å². The molecule has 1 rings (SSSR count). The number of aliphatic hydroxyl groups excluding tert-OH is 8. The summed E-state index contributed by atoms with van der Waals surface area (Å²) >= 11 is 0. The molecule has 1 heterocycles. The van der Waals surface area contributed by atoms with Crippen LogP contribution in [0.2, 0.25) is 0 Å². The van der Waals surface area contributed by atoms with Gasteiger partial charge in [-0.05, 0) is 0 Å². The fourth-order valence-corrected chi connectivity index (χ4v) is 2.11. The van der Waals surface area contributed by atoms with E-state index in [0.717, 1.165) is 0 Å². The maximum absolute atomic E-state index is 10.5. The molecule has 1 fully saturated rings. The Labute approximate surface area is 136 Å². The topological polar surface area (TPSA) is 229 Å². The number of carbonyl (C=O) groups excluding carboxylic acids is 1. The summed E-state index contributed by atoms with van der Waals surface area (Å²) < 4.78 is 10.1. The summed E-state index contributed by atoms with van der Waals surface area (Å²) in [6, 6.07) is 0. The van der Waals surface area contributed by atoms with Crippen molar-refractivity contribution in [2.75, 3.05) is 13.2 Å². The lowest BCUT2D eigenvalue weighted by molar-refractivity contribution is -0.326. The van der Waals surface area contributed by atoms with E-state index >= 15 is 0 Å². The summed E-state index contributed by atoms with van der Waals surface area (Å²) in [6.07, 6.45) is -15.7. The fourth-order valence-electron chi connectivity index (χ4n) is 2.11. The van der Waals surface area contributed by atoms with Gasteiger partial charge in [0.1, 0.15) is 48.8 Å². The first-order chi connectivity index (χ1) is 10.8. The van der Waals surface area contributed by atoms with Crippen LogP contribution in [0.4, 0.5) is 0 Å². The van der Waals surface area contributed by atoms with E-state index in [9.17, 15) is 35.4 Å². The largest absolute Gasteiger partial charge is 0.412 e. The third-order valence-corrected chi connectivity index (χ3v) is 3.53. The molecule has 0 spiro atoms. The summed E-state index contributed by atoms with van der Waals surface area (Å²) in [7, 11) is 0. The lowest BCUT2D eigenvalue weighted by Crippen LogP contribution is -2.61. The maximum Gasteiger partial charge on any atom is 0.187 e. The van der Waals surface area contributed by atoms with Crippen LogP contribution in [0.15, 0.2) is 0 Å². The number of hydrogen-bond donors (Lipinski definition) is 8. The molecule has 1 aliphatic heterocycles. The van der Waals surface area contributed by atoms with Crippen LogP contribution in [-0.2, 0) is 14.3 Å². The molecule has 0 aromatic rings. The van der Waals surface area contributed by atoms with Crippen molar-refractivity contribution in [2.24, 2.45) is 0 Å². The van der Waals surface area contributed by atoms with Crippen molar-refractivity contribution in [3.8, 4) is 0 Å². The molecule has 24 heavy (non-hydrogen) atoms. The van der Waals surface area contributed by atoms with E-state index in [1.54, 1.807) is 0 Å². The molecule has 0 radical (unpaired) electrons. The number of aldehydes is 1. The SMILES string of the molecule is O.O=C[C@H](O)[C@@H](O)[C@H](O[C@H]1O[C@H](CO)[C@@H](O)[C@H](O)[C@H]1O)[C@H](O)CO. The standard InChI is InChI=1S/C12H22O11.H2O/c13-1-4(16)7(18)11(5(17)2-14)23-12-10(21)9(20)8(19)6(3-15)22-12;/h1,4-12,14-21H,2-3H2;1H2/t4-,5+,6+,7+,8+,9-,10+,11+,12+;/m0./s1. The Morgan fingerprint density at radius 3 is 2.08 bits per heavy atom. The van der Waals surface area contributed by atoms with Crippen LogP contribution in [0.25, 0.3) is 0 Å². The third-order valence-electron chi connectivity index (χ3n) is 3.53. The monoisotopic (exact) mass is 360 g/mol. The van der Waals surface area contributed by atoms with Gasteiger partial charge in [0.15, 0.2) is 12.6 Å². The van der Waals surface area contributed by atoms with Gasteiger partial charge in [-0.15, -0.1) is 0 Å². The van der Waals surface area contributed by atoms with Gasteiger partial charge < -0.3 is 60.6 Å². The molecule has 0 bridgehead atoms. The number of hydrogen-bond acceptors (Lipinski definition) is 11. The molecule has 0 unspecified atom stereocenters. The van der Waals surface area contributed by atoms with Gasteiger partial charge in [0.25, 0.3) is 0 Å². The van der Waals surface area contributed by atoms with Crippen molar-refractivity contribution in [3.63, 3.8) is 0 Å². The Bertz CT molecular complexity index is 366. The van der Waals surface area contributed by atoms with Crippen LogP contribution < -0.4 is 0 Å². The van der Waals surface area contributed by atoms with Crippen molar-refractivity contribution < 1.29 is 60.6 Å². The molecule has 1 aliphatic rings. The summed E-state index contributed by atoms with van der Waals surface area (Å²) in [5.41, 5.74) is 0. The second-order valence-corrected chi connectivity index (χ2v) is 5.17. The third kappa shape index (κ3) is 5.11. The molecular formula is C12H24O12. The lowest BCUT2D eigenvalue weighted by Gasteiger charge is -2.42. The second kappa shape index (κ2) is 10.3. The van der Waals surface area contributed by atoms with Crippen LogP contribution in [0.5, 0.6) is 0 Å². The highest BCUT2D eigenvalue weighted by atomic mass is 16.7. The zero-order valence-electron chi connectivity index (χ0n) is 12.5. The molecule has 0 aromatic carbocycles. The summed E-state index contributed by atoms with van der Waals surface area (Å²) in [4.78, 5) is 10.5. The molecule has 0 aliphatic carbocycles. The second-order valence-electron chi connectivity index (χ2n) is 5.17. The van der Waals surface area contributed by atoms with E-state index in [1.807, 2.05) is 0 Å². The van der Waals surface area contributed by atoms with E-state index in [0.29, 0.717) is 0 Å². The Kier molecular flexibility index (Phi) is 9.94. The van der Waals surface area contributed by atoms with Gasteiger partial charge in [-0.1, -0.05) is 0 Å². The molecule has 144 valence electrons. The minimum Gasteiger partial charge on any atom is -0.412 e. The summed E-state index contributed by atoms with van der Waals surface area (Å²) in [5.74, 6) is 0. The molecule has 0 aromatic heterocycles. The van der Waals surface area contributed by atoms with E-state index in [-0.39, 0.29) is 11.8 Å². The predicted octanol–water partition coefficient (Wildman–Crippen LogP) is -6.38. The van der Waals surface area contributed by atoms with Gasteiger partial charge in [0, 0.05) is 0 Å². The smallest absolute Gasteiger partial charge is 0.187 e. The van der Waals surface area contributed by atoms with Gasteiger partial charge in [-0.25, -0.2) is 0 Å². The predicted molar refractivity (Wildman–Crippen MR) is 73.4 cm³/mol. The first kappa shape index (κ1) is 23.2. The minimum atomic E-state index is -1.97. The molecular weight excluding hydrogens is 336 g/mol. The highest BCUT2D eigenvalue weighted by Crippen LogP contribution is 2.24. The minimum absolute atomic E-state index is 0. The van der Waals surface area contributed by atoms with E-state index in [4.69, 9.17) is 19.7 Å². The highest BCUT2D eigenvalue weighted by Gasteiger charge is 2.46. The van der Waals surface area contributed by atoms with Crippen molar-refractivity contribution in [1.82, 2.24) is 0 Å². The molecule has 9 atom stereocenters.